The van der Waals surface area contributed by atoms with Gasteiger partial charge in [-0.3, -0.25) is 4.79 Å². The fourth-order valence-corrected chi connectivity index (χ4v) is 7.53. The molecule has 4 atom stereocenters. The normalized spacial score (nSPS) is 26.9. The number of rotatable bonds is 2. The standard InChI is InChI=1S/C28H25ClN4O3/c1-28-26(35-3)17(30-2)11-20(36-28)32-18-7-5-4-6-14(18)22-23-16(12-31-27(23)34)21-15-10-13(29)8-9-19(15)33(28)25(21)24(22)32/h4-10,17,20,26,30H,11-12H2,1-3H3,(H,31,34)/t17-,20-,26-,28+/m1/s1. The molecule has 5 heterocycles. The summed E-state index contributed by atoms with van der Waals surface area (Å²) in [4.78, 5) is 13.4. The van der Waals surface area contributed by atoms with Crippen molar-refractivity contribution < 1.29 is 14.3 Å². The van der Waals surface area contributed by atoms with Gasteiger partial charge in [0.1, 0.15) is 12.3 Å². The van der Waals surface area contributed by atoms with Gasteiger partial charge in [0.25, 0.3) is 5.91 Å². The molecule has 182 valence electrons. The van der Waals surface area contributed by atoms with E-state index in [9.17, 15) is 4.79 Å². The fraction of sp³-hybridized carbons (Fsp3) is 0.321. The van der Waals surface area contributed by atoms with Crippen LogP contribution in [0.4, 0.5) is 0 Å². The Bertz CT molecular complexity index is 1800. The van der Waals surface area contributed by atoms with Crippen molar-refractivity contribution in [2.75, 3.05) is 14.2 Å². The fourth-order valence-electron chi connectivity index (χ4n) is 7.36. The zero-order valence-corrected chi connectivity index (χ0v) is 20.9. The number of ether oxygens (including phenoxy) is 2. The van der Waals surface area contributed by atoms with Crippen LogP contribution in [-0.4, -0.2) is 41.3 Å². The van der Waals surface area contributed by atoms with Crippen LogP contribution in [0.3, 0.4) is 0 Å². The summed E-state index contributed by atoms with van der Waals surface area (Å²) in [6.45, 7) is 2.61. The van der Waals surface area contributed by atoms with Crippen molar-refractivity contribution >= 4 is 61.1 Å². The largest absolute Gasteiger partial charge is 0.375 e. The summed E-state index contributed by atoms with van der Waals surface area (Å²) in [5, 5.41) is 11.4. The summed E-state index contributed by atoms with van der Waals surface area (Å²) in [6.07, 6.45) is 0.249. The number of para-hydroxylation sites is 1. The number of methoxy groups -OCH3 is 1. The van der Waals surface area contributed by atoms with Crippen LogP contribution in [0.15, 0.2) is 42.5 Å². The van der Waals surface area contributed by atoms with Crippen molar-refractivity contribution in [2.24, 2.45) is 0 Å². The minimum Gasteiger partial charge on any atom is -0.375 e. The topological polar surface area (TPSA) is 69.5 Å². The lowest BCUT2D eigenvalue weighted by molar-refractivity contribution is -0.256. The Morgan fingerprint density at radius 2 is 1.97 bits per heavy atom. The number of fused-ring (bicyclic) bond motifs is 13. The second kappa shape index (κ2) is 6.81. The van der Waals surface area contributed by atoms with Gasteiger partial charge in [-0.05, 0) is 43.8 Å². The molecule has 8 heteroatoms. The summed E-state index contributed by atoms with van der Waals surface area (Å²) >= 11 is 6.56. The molecule has 0 unspecified atom stereocenters. The number of amides is 1. The Labute approximate surface area is 211 Å². The van der Waals surface area contributed by atoms with Crippen LogP contribution in [0.5, 0.6) is 0 Å². The molecule has 2 aromatic heterocycles. The average Bonchev–Trinajstić information content (AvgIpc) is 3.51. The van der Waals surface area contributed by atoms with Gasteiger partial charge in [0.15, 0.2) is 5.72 Å². The van der Waals surface area contributed by atoms with Gasteiger partial charge in [-0.25, -0.2) is 0 Å². The maximum absolute atomic E-state index is 13.4. The minimum atomic E-state index is -0.809. The van der Waals surface area contributed by atoms with Crippen LogP contribution in [0.25, 0.3) is 43.6 Å². The maximum Gasteiger partial charge on any atom is 0.252 e. The van der Waals surface area contributed by atoms with Crippen LogP contribution in [0, 0.1) is 0 Å². The monoisotopic (exact) mass is 500 g/mol. The van der Waals surface area contributed by atoms with Gasteiger partial charge in [0, 0.05) is 52.7 Å². The molecule has 1 amide bonds. The molecule has 8 rings (SSSR count). The first kappa shape index (κ1) is 21.0. The third kappa shape index (κ3) is 2.25. The Morgan fingerprint density at radius 1 is 1.14 bits per heavy atom. The number of halogens is 1. The van der Waals surface area contributed by atoms with Crippen LogP contribution in [0.1, 0.15) is 35.5 Å². The van der Waals surface area contributed by atoms with Gasteiger partial charge >= 0.3 is 0 Å². The van der Waals surface area contributed by atoms with Gasteiger partial charge in [0.05, 0.1) is 27.6 Å². The minimum absolute atomic E-state index is 0.0278. The lowest BCUT2D eigenvalue weighted by Gasteiger charge is -2.48. The Morgan fingerprint density at radius 3 is 2.78 bits per heavy atom. The highest BCUT2D eigenvalue weighted by atomic mass is 35.5. The van der Waals surface area contributed by atoms with Gasteiger partial charge in [-0.2, -0.15) is 0 Å². The van der Waals surface area contributed by atoms with Crippen molar-refractivity contribution in [1.29, 1.82) is 0 Å². The molecular formula is C28H25ClN4O3. The van der Waals surface area contributed by atoms with E-state index in [0.717, 1.165) is 61.2 Å². The molecular weight excluding hydrogens is 476 g/mol. The molecule has 0 saturated carbocycles. The van der Waals surface area contributed by atoms with Crippen molar-refractivity contribution in [2.45, 2.75) is 44.0 Å². The molecule has 3 aromatic carbocycles. The molecule has 0 radical (unpaired) electrons. The predicted molar refractivity (Wildman–Crippen MR) is 141 cm³/mol. The van der Waals surface area contributed by atoms with E-state index in [0.29, 0.717) is 11.6 Å². The van der Waals surface area contributed by atoms with Gasteiger partial charge in [-0.15, -0.1) is 0 Å². The van der Waals surface area contributed by atoms with Gasteiger partial charge in [-0.1, -0.05) is 29.8 Å². The number of likely N-dealkylation sites (N-methyl/N-ethyl adjacent to an activating group) is 1. The third-order valence-corrected chi connectivity index (χ3v) is 8.89. The van der Waals surface area contributed by atoms with Crippen molar-refractivity contribution in [1.82, 2.24) is 19.8 Å². The number of carbonyl (C=O) groups is 1. The quantitative estimate of drug-likeness (QED) is 0.357. The Balaban J connectivity index is 1.72. The van der Waals surface area contributed by atoms with E-state index in [2.05, 4.69) is 51.0 Å². The van der Waals surface area contributed by atoms with E-state index in [1.807, 2.05) is 25.2 Å². The number of carbonyl (C=O) groups excluding carboxylic acids is 1. The molecule has 0 spiro atoms. The zero-order valence-electron chi connectivity index (χ0n) is 20.2. The highest BCUT2D eigenvalue weighted by molar-refractivity contribution is 6.34. The number of nitrogens with one attached hydrogen (secondary N) is 2. The summed E-state index contributed by atoms with van der Waals surface area (Å²) in [5.41, 5.74) is 5.17. The van der Waals surface area contributed by atoms with Crippen molar-refractivity contribution in [3.8, 4) is 0 Å². The highest BCUT2D eigenvalue weighted by Gasteiger charge is 2.53. The van der Waals surface area contributed by atoms with Crippen molar-refractivity contribution in [3.63, 3.8) is 0 Å². The first-order chi connectivity index (χ1) is 17.5. The maximum atomic E-state index is 13.4. The molecule has 2 N–H and O–H groups in total. The molecule has 3 aliphatic heterocycles. The Kier molecular flexibility index (Phi) is 3.98. The summed E-state index contributed by atoms with van der Waals surface area (Å²) in [6, 6.07) is 14.4. The third-order valence-electron chi connectivity index (χ3n) is 8.65. The van der Waals surface area contributed by atoms with Crippen LogP contribution in [0.2, 0.25) is 5.02 Å². The molecule has 1 fully saturated rings. The van der Waals surface area contributed by atoms with E-state index in [1.165, 1.54) is 0 Å². The summed E-state index contributed by atoms with van der Waals surface area (Å²) in [5.74, 6) is -0.0278. The number of benzene rings is 3. The van der Waals surface area contributed by atoms with E-state index >= 15 is 0 Å². The van der Waals surface area contributed by atoms with E-state index in [-0.39, 0.29) is 24.3 Å². The smallest absolute Gasteiger partial charge is 0.252 e. The molecule has 7 nitrogen and oxygen atoms in total. The summed E-state index contributed by atoms with van der Waals surface area (Å²) in [7, 11) is 3.74. The summed E-state index contributed by atoms with van der Waals surface area (Å²) < 4.78 is 17.9. The molecule has 2 bridgehead atoms. The SMILES string of the molecule is CN[C@@H]1C[C@H]2O[C@@](C)([C@@H]1OC)n1c3ccc(Cl)cc3c3c4c(c5c6ccccc6n2c5c31)C(=O)NC4. The molecule has 0 aliphatic carbocycles. The molecule has 3 aliphatic rings. The lowest BCUT2D eigenvalue weighted by atomic mass is 9.93. The molecule has 5 aromatic rings. The second-order valence-corrected chi connectivity index (χ2v) is 10.7. The number of hydrogen-bond donors (Lipinski definition) is 2. The van der Waals surface area contributed by atoms with E-state index in [4.69, 9.17) is 21.1 Å². The number of hydrogen-bond acceptors (Lipinski definition) is 4. The van der Waals surface area contributed by atoms with Gasteiger partial charge < -0.3 is 29.2 Å². The first-order valence-corrected chi connectivity index (χ1v) is 12.7. The zero-order chi connectivity index (χ0) is 24.5. The highest BCUT2D eigenvalue weighted by Crippen LogP contribution is 2.53. The van der Waals surface area contributed by atoms with Gasteiger partial charge in [0.2, 0.25) is 0 Å². The molecule has 1 saturated heterocycles. The van der Waals surface area contributed by atoms with Crippen molar-refractivity contribution in [3.05, 3.63) is 58.6 Å². The number of aromatic nitrogens is 2. The Hall–Kier alpha value is -3.10. The van der Waals surface area contributed by atoms with Crippen LogP contribution in [-0.2, 0) is 21.7 Å². The van der Waals surface area contributed by atoms with Crippen LogP contribution >= 0.6 is 11.6 Å². The van der Waals surface area contributed by atoms with Crippen LogP contribution < -0.4 is 10.6 Å². The lowest BCUT2D eigenvalue weighted by Crippen LogP contribution is -2.59. The predicted octanol–water partition coefficient (Wildman–Crippen LogP) is 5.01. The first-order valence-electron chi connectivity index (χ1n) is 12.4. The second-order valence-electron chi connectivity index (χ2n) is 10.3. The molecule has 36 heavy (non-hydrogen) atoms. The van der Waals surface area contributed by atoms with E-state index in [1.54, 1.807) is 7.11 Å². The van der Waals surface area contributed by atoms with E-state index < -0.39 is 5.72 Å². The average molecular weight is 501 g/mol. The number of nitrogens with zero attached hydrogens (tertiary/aromatic N) is 2.